The SMILES string of the molecule is COC(=O)c1ccc(N2C[C@H](C)N(C(=O)OC(C)(C)C)C[C@H]2C)cc1CO. The molecule has 7 nitrogen and oxygen atoms in total. The molecule has 150 valence electrons. The van der Waals surface area contributed by atoms with Crippen molar-refractivity contribution in [3.63, 3.8) is 0 Å². The molecule has 0 aromatic heterocycles. The van der Waals surface area contributed by atoms with Gasteiger partial charge < -0.3 is 24.4 Å². The maximum absolute atomic E-state index is 12.5. The van der Waals surface area contributed by atoms with Gasteiger partial charge in [0.05, 0.1) is 19.3 Å². The highest BCUT2D eigenvalue weighted by Crippen LogP contribution is 2.27. The van der Waals surface area contributed by atoms with Crippen LogP contribution in [-0.2, 0) is 16.1 Å². The predicted octanol–water partition coefficient (Wildman–Crippen LogP) is 2.80. The molecule has 1 N–H and O–H groups in total. The zero-order valence-electron chi connectivity index (χ0n) is 17.0. The van der Waals surface area contributed by atoms with E-state index in [1.165, 1.54) is 7.11 Å². The van der Waals surface area contributed by atoms with Crippen LogP contribution in [-0.4, -0.2) is 60.0 Å². The Morgan fingerprint density at radius 3 is 2.41 bits per heavy atom. The van der Waals surface area contributed by atoms with Crippen molar-refractivity contribution in [3.05, 3.63) is 29.3 Å². The van der Waals surface area contributed by atoms with Crippen LogP contribution in [0.3, 0.4) is 0 Å². The van der Waals surface area contributed by atoms with Crippen LogP contribution in [0.25, 0.3) is 0 Å². The average molecular weight is 378 g/mol. The minimum atomic E-state index is -0.531. The first-order chi connectivity index (χ1) is 12.6. The van der Waals surface area contributed by atoms with Crippen LogP contribution in [0.15, 0.2) is 18.2 Å². The molecule has 1 aromatic carbocycles. The van der Waals surface area contributed by atoms with Crippen molar-refractivity contribution in [2.75, 3.05) is 25.1 Å². The summed E-state index contributed by atoms with van der Waals surface area (Å²) in [5.41, 5.74) is 1.25. The third-order valence-corrected chi connectivity index (χ3v) is 4.61. The van der Waals surface area contributed by atoms with Gasteiger partial charge in [-0.15, -0.1) is 0 Å². The first kappa shape index (κ1) is 21.0. The number of carbonyl (C=O) groups is 2. The third-order valence-electron chi connectivity index (χ3n) is 4.61. The molecule has 1 saturated heterocycles. The van der Waals surface area contributed by atoms with Gasteiger partial charge in [-0.05, 0) is 58.4 Å². The number of carbonyl (C=O) groups excluding carboxylic acids is 2. The number of rotatable bonds is 3. The van der Waals surface area contributed by atoms with E-state index in [-0.39, 0.29) is 24.8 Å². The van der Waals surface area contributed by atoms with E-state index in [4.69, 9.17) is 9.47 Å². The Bertz CT molecular complexity index is 698. The van der Waals surface area contributed by atoms with Crippen molar-refractivity contribution in [1.29, 1.82) is 0 Å². The fourth-order valence-electron chi connectivity index (χ4n) is 3.26. The molecule has 1 aliphatic heterocycles. The quantitative estimate of drug-likeness (QED) is 0.815. The number of hydrogen-bond donors (Lipinski definition) is 1. The van der Waals surface area contributed by atoms with Crippen molar-refractivity contribution < 1.29 is 24.2 Å². The molecular formula is C20H30N2O5. The topological polar surface area (TPSA) is 79.3 Å². The number of nitrogens with zero attached hydrogens (tertiary/aromatic N) is 2. The lowest BCUT2D eigenvalue weighted by Gasteiger charge is -2.45. The largest absolute Gasteiger partial charge is 0.465 e. The van der Waals surface area contributed by atoms with Crippen LogP contribution < -0.4 is 4.90 Å². The standard InChI is InChI=1S/C20H30N2O5/c1-13-11-22(19(25)27-20(3,4)5)14(2)10-21(13)16-7-8-17(18(24)26-6)15(9-16)12-23/h7-9,13-14,23H,10-12H2,1-6H3/t13-,14+/m1/s1. The second-order valence-electron chi connectivity index (χ2n) is 7.97. The number of aliphatic hydroxyl groups is 1. The minimum absolute atomic E-state index is 0.0334. The van der Waals surface area contributed by atoms with Crippen LogP contribution in [0.4, 0.5) is 10.5 Å². The number of amides is 1. The molecule has 0 radical (unpaired) electrons. The van der Waals surface area contributed by atoms with Gasteiger partial charge in [0.15, 0.2) is 0 Å². The van der Waals surface area contributed by atoms with Gasteiger partial charge in [0.1, 0.15) is 5.60 Å². The van der Waals surface area contributed by atoms with Gasteiger partial charge in [0, 0.05) is 30.9 Å². The molecular weight excluding hydrogens is 348 g/mol. The lowest BCUT2D eigenvalue weighted by molar-refractivity contribution is 0.0130. The lowest BCUT2D eigenvalue weighted by Crippen LogP contribution is -2.59. The number of methoxy groups -OCH3 is 1. The summed E-state index contributed by atoms with van der Waals surface area (Å²) in [4.78, 5) is 28.2. The van der Waals surface area contributed by atoms with Crippen LogP contribution in [0.1, 0.15) is 50.5 Å². The monoisotopic (exact) mass is 378 g/mol. The fourth-order valence-corrected chi connectivity index (χ4v) is 3.26. The number of piperazine rings is 1. The van der Waals surface area contributed by atoms with Crippen molar-refractivity contribution in [3.8, 4) is 0 Å². The van der Waals surface area contributed by atoms with E-state index < -0.39 is 11.6 Å². The average Bonchev–Trinajstić information content (AvgIpc) is 2.60. The van der Waals surface area contributed by atoms with E-state index in [1.807, 2.05) is 40.7 Å². The third kappa shape index (κ3) is 4.91. The Labute approximate surface area is 160 Å². The van der Waals surface area contributed by atoms with E-state index in [2.05, 4.69) is 4.90 Å². The zero-order valence-corrected chi connectivity index (χ0v) is 17.0. The van der Waals surface area contributed by atoms with Crippen molar-refractivity contribution in [2.45, 2.75) is 58.9 Å². The molecule has 27 heavy (non-hydrogen) atoms. The summed E-state index contributed by atoms with van der Waals surface area (Å²) < 4.78 is 10.3. The second kappa shape index (κ2) is 8.17. The summed E-state index contributed by atoms with van der Waals surface area (Å²) in [5, 5.41) is 9.63. The van der Waals surface area contributed by atoms with Gasteiger partial charge in [0.25, 0.3) is 0 Å². The Morgan fingerprint density at radius 1 is 1.19 bits per heavy atom. The summed E-state index contributed by atoms with van der Waals surface area (Å²) >= 11 is 0. The van der Waals surface area contributed by atoms with Crippen LogP contribution >= 0.6 is 0 Å². The van der Waals surface area contributed by atoms with E-state index in [9.17, 15) is 14.7 Å². The summed E-state index contributed by atoms with van der Waals surface area (Å²) in [6.45, 7) is 10.5. The fraction of sp³-hybridized carbons (Fsp3) is 0.600. The molecule has 1 aliphatic rings. The van der Waals surface area contributed by atoms with Crippen molar-refractivity contribution in [2.24, 2.45) is 0 Å². The highest BCUT2D eigenvalue weighted by atomic mass is 16.6. The normalized spacial score (nSPS) is 20.4. The van der Waals surface area contributed by atoms with Crippen molar-refractivity contribution in [1.82, 2.24) is 4.90 Å². The van der Waals surface area contributed by atoms with Gasteiger partial charge in [-0.3, -0.25) is 0 Å². The van der Waals surface area contributed by atoms with E-state index >= 15 is 0 Å². The molecule has 1 aromatic rings. The molecule has 0 bridgehead atoms. The molecule has 2 rings (SSSR count). The minimum Gasteiger partial charge on any atom is -0.465 e. The number of anilines is 1. The zero-order chi connectivity index (χ0) is 20.4. The second-order valence-corrected chi connectivity index (χ2v) is 7.97. The highest BCUT2D eigenvalue weighted by molar-refractivity contribution is 5.91. The number of esters is 1. The molecule has 2 atom stereocenters. The molecule has 1 amide bonds. The molecule has 0 spiro atoms. The van der Waals surface area contributed by atoms with E-state index in [0.717, 1.165) is 5.69 Å². The Hall–Kier alpha value is -2.28. The van der Waals surface area contributed by atoms with Crippen LogP contribution in [0.2, 0.25) is 0 Å². The van der Waals surface area contributed by atoms with E-state index in [0.29, 0.717) is 24.2 Å². The molecule has 0 aliphatic carbocycles. The summed E-state index contributed by atoms with van der Waals surface area (Å²) in [5.74, 6) is -0.471. The van der Waals surface area contributed by atoms with Gasteiger partial charge in [0.2, 0.25) is 0 Å². The number of benzene rings is 1. The first-order valence-electron chi connectivity index (χ1n) is 9.15. The van der Waals surface area contributed by atoms with Crippen LogP contribution in [0, 0.1) is 0 Å². The van der Waals surface area contributed by atoms with Gasteiger partial charge in [-0.25, -0.2) is 9.59 Å². The van der Waals surface area contributed by atoms with Gasteiger partial charge in [-0.1, -0.05) is 0 Å². The van der Waals surface area contributed by atoms with Gasteiger partial charge in [-0.2, -0.15) is 0 Å². The maximum atomic E-state index is 12.5. The Morgan fingerprint density at radius 2 is 1.85 bits per heavy atom. The number of ether oxygens (including phenoxy) is 2. The Kier molecular flexibility index (Phi) is 6.36. The molecule has 1 heterocycles. The predicted molar refractivity (Wildman–Crippen MR) is 103 cm³/mol. The summed E-state index contributed by atoms with van der Waals surface area (Å²) in [6, 6.07) is 5.35. The summed E-state index contributed by atoms with van der Waals surface area (Å²) in [6.07, 6.45) is -0.307. The van der Waals surface area contributed by atoms with Gasteiger partial charge >= 0.3 is 12.1 Å². The molecule has 0 saturated carbocycles. The molecule has 1 fully saturated rings. The number of aliphatic hydroxyl groups excluding tert-OH is 1. The highest BCUT2D eigenvalue weighted by Gasteiger charge is 2.34. The van der Waals surface area contributed by atoms with Crippen molar-refractivity contribution >= 4 is 17.7 Å². The molecule has 7 heteroatoms. The summed E-state index contributed by atoms with van der Waals surface area (Å²) in [7, 11) is 1.32. The number of hydrogen-bond acceptors (Lipinski definition) is 6. The maximum Gasteiger partial charge on any atom is 0.410 e. The lowest BCUT2D eigenvalue weighted by atomic mass is 10.0. The van der Waals surface area contributed by atoms with E-state index in [1.54, 1.807) is 17.0 Å². The smallest absolute Gasteiger partial charge is 0.410 e. The first-order valence-corrected chi connectivity index (χ1v) is 9.15. The molecule has 0 unspecified atom stereocenters. The van der Waals surface area contributed by atoms with Crippen LogP contribution in [0.5, 0.6) is 0 Å². The Balaban J connectivity index is 2.20.